The van der Waals surface area contributed by atoms with Gasteiger partial charge < -0.3 is 9.47 Å². The molecule has 2 aromatic carbocycles. The van der Waals surface area contributed by atoms with Gasteiger partial charge in [0, 0.05) is 10.9 Å². The Bertz CT molecular complexity index is 859. The van der Waals surface area contributed by atoms with Crippen LogP contribution in [0.5, 0.6) is 11.5 Å². The number of nitrogens with one attached hydrogen (secondary N) is 1. The second-order valence-corrected chi connectivity index (χ2v) is 6.01. The number of ether oxygens (including phenoxy) is 2. The molecular weight excluding hydrogens is 336 g/mol. The summed E-state index contributed by atoms with van der Waals surface area (Å²) >= 11 is 1.38. The summed E-state index contributed by atoms with van der Waals surface area (Å²) in [6, 6.07) is 14.8. The standard InChI is InChI=1S/C19H18N2O3S/c1-3-24-14-10-8-13(9-11-14)16-12-25-19(20-16)21-18(22)15-6-4-5-7-17(15)23-2/h4-12H,3H2,1-2H3,(H,20,21,22). The highest BCUT2D eigenvalue weighted by Gasteiger charge is 2.14. The molecule has 0 bridgehead atoms. The van der Waals surface area contributed by atoms with E-state index < -0.39 is 0 Å². The molecule has 25 heavy (non-hydrogen) atoms. The van der Waals surface area contributed by atoms with E-state index in [9.17, 15) is 4.79 Å². The van der Waals surface area contributed by atoms with Gasteiger partial charge in [-0.05, 0) is 43.3 Å². The molecule has 3 aromatic rings. The van der Waals surface area contributed by atoms with Gasteiger partial charge in [-0.15, -0.1) is 11.3 Å². The summed E-state index contributed by atoms with van der Waals surface area (Å²) in [6.45, 7) is 2.58. The number of carbonyl (C=O) groups excluding carboxylic acids is 1. The van der Waals surface area contributed by atoms with Crippen molar-refractivity contribution in [3.05, 3.63) is 59.5 Å². The van der Waals surface area contributed by atoms with E-state index in [0.29, 0.717) is 23.1 Å². The Morgan fingerprint density at radius 1 is 1.16 bits per heavy atom. The van der Waals surface area contributed by atoms with E-state index in [0.717, 1.165) is 17.0 Å². The molecule has 1 aromatic heterocycles. The number of hydrogen-bond acceptors (Lipinski definition) is 5. The minimum atomic E-state index is -0.245. The zero-order chi connectivity index (χ0) is 17.6. The van der Waals surface area contributed by atoms with Crippen LogP contribution in [-0.2, 0) is 0 Å². The lowest BCUT2D eigenvalue weighted by Crippen LogP contribution is -2.12. The molecule has 0 spiro atoms. The number of benzene rings is 2. The van der Waals surface area contributed by atoms with Gasteiger partial charge in [-0.3, -0.25) is 10.1 Å². The van der Waals surface area contributed by atoms with Crippen molar-refractivity contribution in [1.82, 2.24) is 4.98 Å². The summed E-state index contributed by atoms with van der Waals surface area (Å²) in [5.74, 6) is 1.11. The number of amides is 1. The highest BCUT2D eigenvalue weighted by Crippen LogP contribution is 2.27. The molecule has 1 N–H and O–H groups in total. The molecule has 0 atom stereocenters. The number of thiazole rings is 1. The Kier molecular flexibility index (Phi) is 5.30. The Hall–Kier alpha value is -2.86. The molecule has 3 rings (SSSR count). The molecule has 0 aliphatic rings. The second-order valence-electron chi connectivity index (χ2n) is 5.15. The molecular formula is C19H18N2O3S. The first-order valence-electron chi connectivity index (χ1n) is 7.84. The maximum absolute atomic E-state index is 12.4. The molecule has 0 fully saturated rings. The first-order chi connectivity index (χ1) is 12.2. The number of para-hydroxylation sites is 1. The lowest BCUT2D eigenvalue weighted by Gasteiger charge is -2.07. The van der Waals surface area contributed by atoms with Crippen molar-refractivity contribution in [2.24, 2.45) is 0 Å². The van der Waals surface area contributed by atoms with E-state index in [1.54, 1.807) is 25.3 Å². The molecule has 0 unspecified atom stereocenters. The van der Waals surface area contributed by atoms with Crippen LogP contribution in [0, 0.1) is 0 Å². The van der Waals surface area contributed by atoms with Gasteiger partial charge in [0.2, 0.25) is 0 Å². The largest absolute Gasteiger partial charge is 0.496 e. The molecule has 0 saturated heterocycles. The van der Waals surface area contributed by atoms with E-state index in [2.05, 4.69) is 10.3 Å². The predicted octanol–water partition coefficient (Wildman–Crippen LogP) is 4.47. The van der Waals surface area contributed by atoms with Crippen molar-refractivity contribution in [3.8, 4) is 22.8 Å². The lowest BCUT2D eigenvalue weighted by atomic mass is 10.2. The van der Waals surface area contributed by atoms with Crippen LogP contribution < -0.4 is 14.8 Å². The van der Waals surface area contributed by atoms with Gasteiger partial charge in [-0.25, -0.2) is 4.98 Å². The Morgan fingerprint density at radius 2 is 1.92 bits per heavy atom. The zero-order valence-electron chi connectivity index (χ0n) is 14.0. The monoisotopic (exact) mass is 354 g/mol. The number of carbonyl (C=O) groups is 1. The van der Waals surface area contributed by atoms with Crippen molar-refractivity contribution in [2.45, 2.75) is 6.92 Å². The first-order valence-corrected chi connectivity index (χ1v) is 8.72. The van der Waals surface area contributed by atoms with Crippen LogP contribution in [-0.4, -0.2) is 24.6 Å². The normalized spacial score (nSPS) is 10.3. The van der Waals surface area contributed by atoms with Crippen LogP contribution in [0.25, 0.3) is 11.3 Å². The topological polar surface area (TPSA) is 60.5 Å². The number of anilines is 1. The quantitative estimate of drug-likeness (QED) is 0.709. The molecule has 1 amide bonds. The van der Waals surface area contributed by atoms with E-state index in [1.807, 2.05) is 42.6 Å². The van der Waals surface area contributed by atoms with Gasteiger partial charge in [0.05, 0.1) is 25.0 Å². The van der Waals surface area contributed by atoms with Crippen molar-refractivity contribution >= 4 is 22.4 Å². The van der Waals surface area contributed by atoms with Crippen LogP contribution in [0.1, 0.15) is 17.3 Å². The molecule has 0 aliphatic carbocycles. The van der Waals surface area contributed by atoms with Crippen LogP contribution >= 0.6 is 11.3 Å². The fourth-order valence-electron chi connectivity index (χ4n) is 2.35. The predicted molar refractivity (Wildman–Crippen MR) is 99.7 cm³/mol. The van der Waals surface area contributed by atoms with Crippen molar-refractivity contribution in [3.63, 3.8) is 0 Å². The molecule has 5 nitrogen and oxygen atoms in total. The van der Waals surface area contributed by atoms with Crippen LogP contribution in [0.4, 0.5) is 5.13 Å². The maximum Gasteiger partial charge on any atom is 0.261 e. The molecule has 6 heteroatoms. The number of nitrogens with zero attached hydrogens (tertiary/aromatic N) is 1. The fraction of sp³-hybridized carbons (Fsp3) is 0.158. The third kappa shape index (κ3) is 3.97. The summed E-state index contributed by atoms with van der Waals surface area (Å²) < 4.78 is 10.7. The summed E-state index contributed by atoms with van der Waals surface area (Å²) in [6.07, 6.45) is 0. The third-order valence-electron chi connectivity index (χ3n) is 3.54. The van der Waals surface area contributed by atoms with Gasteiger partial charge in [0.1, 0.15) is 11.5 Å². The Labute approximate surface area is 150 Å². The van der Waals surface area contributed by atoms with E-state index in [1.165, 1.54) is 11.3 Å². The molecule has 128 valence electrons. The van der Waals surface area contributed by atoms with E-state index in [-0.39, 0.29) is 5.91 Å². The first kappa shape index (κ1) is 17.0. The molecule has 0 aliphatic heterocycles. The average molecular weight is 354 g/mol. The average Bonchev–Trinajstić information content (AvgIpc) is 3.11. The van der Waals surface area contributed by atoms with Gasteiger partial charge in [-0.1, -0.05) is 12.1 Å². The highest BCUT2D eigenvalue weighted by atomic mass is 32.1. The van der Waals surface area contributed by atoms with Crippen molar-refractivity contribution < 1.29 is 14.3 Å². The molecule has 0 saturated carbocycles. The SMILES string of the molecule is CCOc1ccc(-c2csc(NC(=O)c3ccccc3OC)n2)cc1. The van der Waals surface area contributed by atoms with Gasteiger partial charge in [0.25, 0.3) is 5.91 Å². The van der Waals surface area contributed by atoms with Gasteiger partial charge in [0.15, 0.2) is 5.13 Å². The third-order valence-corrected chi connectivity index (χ3v) is 4.30. The second kappa shape index (κ2) is 7.81. The lowest BCUT2D eigenvalue weighted by molar-refractivity contribution is 0.102. The minimum absolute atomic E-state index is 0.245. The minimum Gasteiger partial charge on any atom is -0.496 e. The zero-order valence-corrected chi connectivity index (χ0v) is 14.8. The Morgan fingerprint density at radius 3 is 2.64 bits per heavy atom. The number of methoxy groups -OCH3 is 1. The fourth-order valence-corrected chi connectivity index (χ4v) is 3.06. The summed E-state index contributed by atoms with van der Waals surface area (Å²) in [5.41, 5.74) is 2.25. The summed E-state index contributed by atoms with van der Waals surface area (Å²) in [7, 11) is 1.54. The van der Waals surface area contributed by atoms with Gasteiger partial charge in [-0.2, -0.15) is 0 Å². The van der Waals surface area contributed by atoms with E-state index in [4.69, 9.17) is 9.47 Å². The van der Waals surface area contributed by atoms with Crippen molar-refractivity contribution in [1.29, 1.82) is 0 Å². The van der Waals surface area contributed by atoms with Crippen molar-refractivity contribution in [2.75, 3.05) is 19.0 Å². The molecule has 1 heterocycles. The van der Waals surface area contributed by atoms with Crippen LogP contribution in [0.3, 0.4) is 0 Å². The summed E-state index contributed by atoms with van der Waals surface area (Å²) in [4.78, 5) is 16.9. The maximum atomic E-state index is 12.4. The highest BCUT2D eigenvalue weighted by molar-refractivity contribution is 7.14. The molecule has 0 radical (unpaired) electrons. The number of aromatic nitrogens is 1. The Balaban J connectivity index is 1.74. The van der Waals surface area contributed by atoms with Gasteiger partial charge >= 0.3 is 0 Å². The number of rotatable bonds is 6. The van der Waals surface area contributed by atoms with Crippen LogP contribution in [0.2, 0.25) is 0 Å². The smallest absolute Gasteiger partial charge is 0.261 e. The summed E-state index contributed by atoms with van der Waals surface area (Å²) in [5, 5.41) is 5.27. The van der Waals surface area contributed by atoms with Crippen LogP contribution in [0.15, 0.2) is 53.9 Å². The number of hydrogen-bond donors (Lipinski definition) is 1. The van der Waals surface area contributed by atoms with E-state index >= 15 is 0 Å².